The van der Waals surface area contributed by atoms with Crippen LogP contribution in [0.5, 0.6) is 5.75 Å². The quantitative estimate of drug-likeness (QED) is 0.821. The van der Waals surface area contributed by atoms with E-state index in [0.717, 1.165) is 13.0 Å². The van der Waals surface area contributed by atoms with Gasteiger partial charge in [0, 0.05) is 19.7 Å². The van der Waals surface area contributed by atoms with Crippen molar-refractivity contribution in [3.05, 3.63) is 29.8 Å². The Kier molecular flexibility index (Phi) is 4.17. The maximum absolute atomic E-state index is 10.7. The number of carboxylic acids is 1. The van der Waals surface area contributed by atoms with Gasteiger partial charge >= 0.3 is 5.97 Å². The average molecular weight is 251 g/mol. The van der Waals surface area contributed by atoms with Crippen LogP contribution in [0.25, 0.3) is 0 Å². The number of nitrogens with one attached hydrogen (secondary N) is 1. The molecule has 1 aromatic rings. The zero-order valence-electron chi connectivity index (χ0n) is 10.3. The third-order valence-corrected chi connectivity index (χ3v) is 3.07. The van der Waals surface area contributed by atoms with E-state index in [2.05, 4.69) is 5.32 Å². The summed E-state index contributed by atoms with van der Waals surface area (Å²) in [6, 6.07) is 6.71. The number of rotatable bonds is 5. The standard InChI is InChI=1S/C13H17NO4/c1-17-12-6-10(14-7-12)8-18-11-4-2-9(3-5-11)13(15)16/h2-5,10,12,14H,6-8H2,1H3,(H,15,16)/t10-,12-/m0/s1. The summed E-state index contributed by atoms with van der Waals surface area (Å²) in [5, 5.41) is 12.1. The molecule has 0 spiro atoms. The van der Waals surface area contributed by atoms with Gasteiger partial charge in [0.15, 0.2) is 0 Å². The molecule has 1 aliphatic heterocycles. The van der Waals surface area contributed by atoms with Crippen LogP contribution in [-0.4, -0.2) is 43.5 Å². The summed E-state index contributed by atoms with van der Waals surface area (Å²) >= 11 is 0. The van der Waals surface area contributed by atoms with E-state index in [1.54, 1.807) is 19.2 Å². The average Bonchev–Trinajstić information content (AvgIpc) is 2.85. The number of benzene rings is 1. The molecule has 1 aliphatic rings. The normalized spacial score (nSPS) is 22.9. The zero-order valence-corrected chi connectivity index (χ0v) is 10.3. The van der Waals surface area contributed by atoms with Gasteiger partial charge in [0.2, 0.25) is 0 Å². The van der Waals surface area contributed by atoms with Gasteiger partial charge in [0.1, 0.15) is 12.4 Å². The molecule has 0 amide bonds. The summed E-state index contributed by atoms with van der Waals surface area (Å²) in [5.74, 6) is -0.246. The lowest BCUT2D eigenvalue weighted by Crippen LogP contribution is -2.28. The third-order valence-electron chi connectivity index (χ3n) is 3.07. The number of hydrogen-bond donors (Lipinski definition) is 2. The van der Waals surface area contributed by atoms with E-state index in [0.29, 0.717) is 12.4 Å². The van der Waals surface area contributed by atoms with Crippen molar-refractivity contribution in [2.24, 2.45) is 0 Å². The first-order valence-corrected chi connectivity index (χ1v) is 5.91. The van der Waals surface area contributed by atoms with Crippen LogP contribution in [0, 0.1) is 0 Å². The van der Waals surface area contributed by atoms with Gasteiger partial charge in [-0.1, -0.05) is 0 Å². The minimum absolute atomic E-state index is 0.257. The number of ether oxygens (including phenoxy) is 2. The second kappa shape index (κ2) is 5.84. The molecule has 1 fully saturated rings. The highest BCUT2D eigenvalue weighted by atomic mass is 16.5. The van der Waals surface area contributed by atoms with Crippen molar-refractivity contribution in [2.75, 3.05) is 20.3 Å². The topological polar surface area (TPSA) is 67.8 Å². The van der Waals surface area contributed by atoms with Crippen molar-refractivity contribution >= 4 is 5.97 Å². The van der Waals surface area contributed by atoms with Gasteiger partial charge in [-0.2, -0.15) is 0 Å². The van der Waals surface area contributed by atoms with Crippen LogP contribution < -0.4 is 10.1 Å². The lowest BCUT2D eigenvalue weighted by molar-refractivity contribution is 0.0697. The van der Waals surface area contributed by atoms with Crippen LogP contribution in [-0.2, 0) is 4.74 Å². The highest BCUT2D eigenvalue weighted by Gasteiger charge is 2.23. The molecule has 1 saturated heterocycles. The molecule has 5 heteroatoms. The van der Waals surface area contributed by atoms with Crippen molar-refractivity contribution in [3.63, 3.8) is 0 Å². The molecule has 1 heterocycles. The van der Waals surface area contributed by atoms with Crippen LogP contribution in [0.2, 0.25) is 0 Å². The van der Waals surface area contributed by atoms with Gasteiger partial charge in [-0.05, 0) is 30.7 Å². The molecule has 0 bridgehead atoms. The lowest BCUT2D eigenvalue weighted by Gasteiger charge is -2.12. The highest BCUT2D eigenvalue weighted by Crippen LogP contribution is 2.15. The summed E-state index contributed by atoms with van der Waals surface area (Å²) < 4.78 is 10.9. The Hall–Kier alpha value is -1.59. The van der Waals surface area contributed by atoms with E-state index in [4.69, 9.17) is 14.6 Å². The summed E-state index contributed by atoms with van der Waals surface area (Å²) in [6.07, 6.45) is 1.19. The SMILES string of the molecule is CO[C@@H]1CN[C@H](COc2ccc(C(=O)O)cc2)C1. The number of carbonyl (C=O) groups is 1. The van der Waals surface area contributed by atoms with Crippen molar-refractivity contribution in [1.82, 2.24) is 5.32 Å². The predicted molar refractivity (Wildman–Crippen MR) is 66.1 cm³/mol. The molecule has 0 aliphatic carbocycles. The van der Waals surface area contributed by atoms with Gasteiger partial charge in [-0.25, -0.2) is 4.79 Å². The van der Waals surface area contributed by atoms with Crippen molar-refractivity contribution in [3.8, 4) is 5.75 Å². The van der Waals surface area contributed by atoms with E-state index in [1.165, 1.54) is 12.1 Å². The molecule has 0 radical (unpaired) electrons. The van der Waals surface area contributed by atoms with Crippen molar-refractivity contribution < 1.29 is 19.4 Å². The first-order valence-electron chi connectivity index (χ1n) is 5.91. The highest BCUT2D eigenvalue weighted by molar-refractivity contribution is 5.87. The number of hydrogen-bond acceptors (Lipinski definition) is 4. The molecule has 2 N–H and O–H groups in total. The van der Waals surface area contributed by atoms with Gasteiger partial charge in [-0.15, -0.1) is 0 Å². The van der Waals surface area contributed by atoms with E-state index in [9.17, 15) is 4.79 Å². The zero-order chi connectivity index (χ0) is 13.0. The summed E-state index contributed by atoms with van der Waals surface area (Å²) in [7, 11) is 1.71. The molecule has 5 nitrogen and oxygen atoms in total. The summed E-state index contributed by atoms with van der Waals surface area (Å²) in [6.45, 7) is 1.41. The first kappa shape index (κ1) is 12.9. The van der Waals surface area contributed by atoms with Crippen LogP contribution in [0.15, 0.2) is 24.3 Å². The van der Waals surface area contributed by atoms with E-state index in [-0.39, 0.29) is 17.7 Å². The van der Waals surface area contributed by atoms with Gasteiger partial charge in [0.25, 0.3) is 0 Å². The molecular weight excluding hydrogens is 234 g/mol. The molecule has 18 heavy (non-hydrogen) atoms. The van der Waals surface area contributed by atoms with E-state index < -0.39 is 5.97 Å². The minimum Gasteiger partial charge on any atom is -0.492 e. The Balaban J connectivity index is 1.82. The van der Waals surface area contributed by atoms with Crippen LogP contribution in [0.1, 0.15) is 16.8 Å². The van der Waals surface area contributed by atoms with Gasteiger partial charge in [0.05, 0.1) is 11.7 Å². The second-order valence-electron chi connectivity index (χ2n) is 4.34. The lowest BCUT2D eigenvalue weighted by atomic mass is 10.2. The molecule has 0 saturated carbocycles. The molecule has 0 aromatic heterocycles. The molecule has 2 rings (SSSR count). The molecular formula is C13H17NO4. The summed E-state index contributed by atoms with van der Waals surface area (Å²) in [4.78, 5) is 10.7. The molecule has 98 valence electrons. The van der Waals surface area contributed by atoms with Gasteiger partial charge in [-0.3, -0.25) is 0 Å². The first-order chi connectivity index (χ1) is 8.69. The van der Waals surface area contributed by atoms with Crippen molar-refractivity contribution in [1.29, 1.82) is 0 Å². The van der Waals surface area contributed by atoms with Crippen LogP contribution in [0.3, 0.4) is 0 Å². The minimum atomic E-state index is -0.929. The van der Waals surface area contributed by atoms with E-state index >= 15 is 0 Å². The maximum Gasteiger partial charge on any atom is 0.335 e. The fraction of sp³-hybridized carbons (Fsp3) is 0.462. The van der Waals surface area contributed by atoms with E-state index in [1.807, 2.05) is 0 Å². The Morgan fingerprint density at radius 3 is 2.72 bits per heavy atom. The Morgan fingerprint density at radius 1 is 1.44 bits per heavy atom. The maximum atomic E-state index is 10.7. The fourth-order valence-electron chi connectivity index (χ4n) is 1.98. The van der Waals surface area contributed by atoms with Gasteiger partial charge < -0.3 is 19.9 Å². The Labute approximate surface area is 106 Å². The molecule has 2 atom stereocenters. The monoisotopic (exact) mass is 251 g/mol. The number of aromatic carboxylic acids is 1. The summed E-state index contributed by atoms with van der Waals surface area (Å²) in [5.41, 5.74) is 0.265. The Bertz CT molecular complexity index is 404. The number of methoxy groups -OCH3 is 1. The number of carboxylic acid groups (broad SMARTS) is 1. The van der Waals surface area contributed by atoms with Crippen molar-refractivity contribution in [2.45, 2.75) is 18.6 Å². The fourth-order valence-corrected chi connectivity index (χ4v) is 1.98. The Morgan fingerprint density at radius 2 is 2.17 bits per heavy atom. The largest absolute Gasteiger partial charge is 0.492 e. The third kappa shape index (κ3) is 3.21. The second-order valence-corrected chi connectivity index (χ2v) is 4.34. The van der Waals surface area contributed by atoms with Crippen LogP contribution in [0.4, 0.5) is 0 Å². The molecule has 1 aromatic carbocycles. The molecule has 0 unspecified atom stereocenters. The van der Waals surface area contributed by atoms with Crippen LogP contribution >= 0.6 is 0 Å². The predicted octanol–water partition coefficient (Wildman–Crippen LogP) is 1.14. The smallest absolute Gasteiger partial charge is 0.335 e.